The molecule has 3 atom stereocenters. The highest BCUT2D eigenvalue weighted by molar-refractivity contribution is 5.04. The zero-order valence-corrected chi connectivity index (χ0v) is 12.5. The van der Waals surface area contributed by atoms with Crippen LogP contribution in [0.25, 0.3) is 0 Å². The third-order valence-corrected chi connectivity index (χ3v) is 3.79. The zero-order valence-electron chi connectivity index (χ0n) is 12.5. The normalized spacial score (nSPS) is 27.1. The number of hydrogen-bond donors (Lipinski definition) is 1. The number of aromatic nitrogens is 2. The van der Waals surface area contributed by atoms with Gasteiger partial charge in [0.2, 0.25) is 0 Å². The summed E-state index contributed by atoms with van der Waals surface area (Å²) in [5, 5.41) is 14.6. The smallest absolute Gasteiger partial charge is 0.108 e. The second kappa shape index (κ2) is 7.17. The number of hydrogen-bond acceptors (Lipinski definition) is 5. The van der Waals surface area contributed by atoms with Gasteiger partial charge in [-0.25, -0.2) is 0 Å². The van der Waals surface area contributed by atoms with Gasteiger partial charge in [0.15, 0.2) is 0 Å². The fourth-order valence-corrected chi connectivity index (χ4v) is 2.59. The van der Waals surface area contributed by atoms with E-state index in [1.807, 2.05) is 17.9 Å². The Morgan fingerprint density at radius 2 is 2.35 bits per heavy atom. The molecule has 6 nitrogen and oxygen atoms in total. The zero-order chi connectivity index (χ0) is 14.5. The summed E-state index contributed by atoms with van der Waals surface area (Å²) in [6.45, 7) is 4.79. The predicted molar refractivity (Wildman–Crippen MR) is 75.4 cm³/mol. The van der Waals surface area contributed by atoms with Crippen molar-refractivity contribution in [3.8, 4) is 0 Å². The van der Waals surface area contributed by atoms with E-state index in [0.29, 0.717) is 13.2 Å². The van der Waals surface area contributed by atoms with Crippen molar-refractivity contribution in [3.05, 3.63) is 18.0 Å². The SMILES string of the molecule is CCCn1cc(CN(C)[C@@H]2COC[C@@H](OC)[C@H]2O)cn1. The molecule has 2 rings (SSSR count). The quantitative estimate of drug-likeness (QED) is 0.824. The van der Waals surface area contributed by atoms with E-state index in [-0.39, 0.29) is 12.1 Å². The number of rotatable bonds is 6. The summed E-state index contributed by atoms with van der Waals surface area (Å²) in [4.78, 5) is 2.10. The minimum atomic E-state index is -0.524. The van der Waals surface area contributed by atoms with Gasteiger partial charge in [-0.2, -0.15) is 5.10 Å². The topological polar surface area (TPSA) is 59.8 Å². The van der Waals surface area contributed by atoms with E-state index < -0.39 is 6.10 Å². The van der Waals surface area contributed by atoms with E-state index in [2.05, 4.69) is 23.1 Å². The van der Waals surface area contributed by atoms with Gasteiger partial charge in [0.25, 0.3) is 0 Å². The molecule has 6 heteroatoms. The van der Waals surface area contributed by atoms with Crippen molar-refractivity contribution in [1.29, 1.82) is 0 Å². The first-order chi connectivity index (χ1) is 9.65. The molecule has 0 unspecified atom stereocenters. The Labute approximate surface area is 120 Å². The van der Waals surface area contributed by atoms with Crippen molar-refractivity contribution in [2.45, 2.75) is 44.7 Å². The summed E-state index contributed by atoms with van der Waals surface area (Å²) in [5.41, 5.74) is 1.15. The molecular weight excluding hydrogens is 258 g/mol. The van der Waals surface area contributed by atoms with Crippen molar-refractivity contribution >= 4 is 0 Å². The Bertz CT molecular complexity index is 410. The molecule has 0 aliphatic carbocycles. The van der Waals surface area contributed by atoms with Crippen LogP contribution in [0.15, 0.2) is 12.4 Å². The Morgan fingerprint density at radius 1 is 1.55 bits per heavy atom. The van der Waals surface area contributed by atoms with Crippen molar-refractivity contribution in [2.24, 2.45) is 0 Å². The molecule has 1 fully saturated rings. The minimum Gasteiger partial charge on any atom is -0.389 e. The van der Waals surface area contributed by atoms with Crippen LogP contribution in [-0.4, -0.2) is 65.4 Å². The van der Waals surface area contributed by atoms with Crippen LogP contribution in [0.2, 0.25) is 0 Å². The Hall–Kier alpha value is -0.950. The molecule has 0 radical (unpaired) electrons. The van der Waals surface area contributed by atoms with E-state index in [0.717, 1.165) is 25.1 Å². The van der Waals surface area contributed by atoms with Crippen molar-refractivity contribution in [1.82, 2.24) is 14.7 Å². The fourth-order valence-electron chi connectivity index (χ4n) is 2.59. The van der Waals surface area contributed by atoms with Crippen LogP contribution in [0.5, 0.6) is 0 Å². The Morgan fingerprint density at radius 3 is 3.05 bits per heavy atom. The largest absolute Gasteiger partial charge is 0.389 e. The van der Waals surface area contributed by atoms with Gasteiger partial charge in [-0.1, -0.05) is 6.92 Å². The summed E-state index contributed by atoms with van der Waals surface area (Å²) in [6.07, 6.45) is 4.24. The van der Waals surface area contributed by atoms with Gasteiger partial charge in [-0.05, 0) is 13.5 Å². The van der Waals surface area contributed by atoms with Crippen LogP contribution in [0, 0.1) is 0 Å². The van der Waals surface area contributed by atoms with Gasteiger partial charge >= 0.3 is 0 Å². The maximum atomic E-state index is 10.3. The molecule has 1 N–H and O–H groups in total. The monoisotopic (exact) mass is 283 g/mol. The lowest BCUT2D eigenvalue weighted by Crippen LogP contribution is -2.55. The first-order valence-electron chi connectivity index (χ1n) is 7.15. The van der Waals surface area contributed by atoms with Crippen LogP contribution in [0.1, 0.15) is 18.9 Å². The Balaban J connectivity index is 1.94. The molecule has 2 heterocycles. The van der Waals surface area contributed by atoms with E-state index in [4.69, 9.17) is 9.47 Å². The lowest BCUT2D eigenvalue weighted by Gasteiger charge is -2.38. The standard InChI is InChI=1S/C14H25N3O3/c1-4-5-17-8-11(6-15-17)7-16(2)12-9-20-10-13(19-3)14(12)18/h6,8,12-14,18H,4-5,7,9-10H2,1-3H3/t12-,13-,14+/m1/s1. The first-order valence-corrected chi connectivity index (χ1v) is 7.15. The van der Waals surface area contributed by atoms with Gasteiger partial charge in [0, 0.05) is 32.0 Å². The predicted octanol–water partition coefficient (Wildman–Crippen LogP) is 0.500. The number of likely N-dealkylation sites (N-methyl/N-ethyl adjacent to an activating group) is 1. The molecule has 1 aliphatic rings. The van der Waals surface area contributed by atoms with Crippen LogP contribution >= 0.6 is 0 Å². The number of methoxy groups -OCH3 is 1. The molecular formula is C14H25N3O3. The van der Waals surface area contributed by atoms with E-state index in [9.17, 15) is 5.11 Å². The summed E-state index contributed by atoms with van der Waals surface area (Å²) < 4.78 is 12.7. The molecule has 0 amide bonds. The maximum absolute atomic E-state index is 10.3. The summed E-state index contributed by atoms with van der Waals surface area (Å²) >= 11 is 0. The number of aryl methyl sites for hydroxylation is 1. The summed E-state index contributed by atoms with van der Waals surface area (Å²) in [6, 6.07) is -0.0526. The van der Waals surface area contributed by atoms with Crippen LogP contribution in [0.4, 0.5) is 0 Å². The average molecular weight is 283 g/mol. The molecule has 20 heavy (non-hydrogen) atoms. The fraction of sp³-hybridized carbons (Fsp3) is 0.786. The first kappa shape index (κ1) is 15.4. The maximum Gasteiger partial charge on any atom is 0.108 e. The number of aliphatic hydroxyl groups is 1. The van der Waals surface area contributed by atoms with Crippen LogP contribution < -0.4 is 0 Å². The molecule has 1 saturated heterocycles. The molecule has 0 bridgehead atoms. The molecule has 1 aromatic heterocycles. The van der Waals surface area contributed by atoms with Crippen LogP contribution in [0.3, 0.4) is 0 Å². The third-order valence-electron chi connectivity index (χ3n) is 3.79. The highest BCUT2D eigenvalue weighted by atomic mass is 16.5. The van der Waals surface area contributed by atoms with Crippen molar-refractivity contribution < 1.29 is 14.6 Å². The van der Waals surface area contributed by atoms with Gasteiger partial charge in [-0.15, -0.1) is 0 Å². The van der Waals surface area contributed by atoms with Crippen LogP contribution in [-0.2, 0) is 22.6 Å². The number of ether oxygens (including phenoxy) is 2. The highest BCUT2D eigenvalue weighted by Crippen LogP contribution is 2.17. The van der Waals surface area contributed by atoms with E-state index >= 15 is 0 Å². The van der Waals surface area contributed by atoms with Crippen molar-refractivity contribution in [3.63, 3.8) is 0 Å². The number of nitrogens with zero attached hydrogens (tertiary/aromatic N) is 3. The molecule has 114 valence electrons. The summed E-state index contributed by atoms with van der Waals surface area (Å²) in [5.74, 6) is 0. The van der Waals surface area contributed by atoms with Gasteiger partial charge in [0.1, 0.15) is 12.2 Å². The van der Waals surface area contributed by atoms with E-state index in [1.165, 1.54) is 0 Å². The number of aliphatic hydroxyl groups excluding tert-OH is 1. The molecule has 0 saturated carbocycles. The summed E-state index contributed by atoms with van der Waals surface area (Å²) in [7, 11) is 3.60. The van der Waals surface area contributed by atoms with Gasteiger partial charge < -0.3 is 14.6 Å². The molecule has 0 spiro atoms. The lowest BCUT2D eigenvalue weighted by molar-refractivity contribution is -0.142. The van der Waals surface area contributed by atoms with Crippen molar-refractivity contribution in [2.75, 3.05) is 27.4 Å². The minimum absolute atomic E-state index is 0.0526. The van der Waals surface area contributed by atoms with Gasteiger partial charge in [-0.3, -0.25) is 9.58 Å². The average Bonchev–Trinajstić information content (AvgIpc) is 2.86. The van der Waals surface area contributed by atoms with Gasteiger partial charge in [0.05, 0.1) is 25.5 Å². The molecule has 1 aromatic rings. The lowest BCUT2D eigenvalue weighted by atomic mass is 10.0. The van der Waals surface area contributed by atoms with E-state index in [1.54, 1.807) is 7.11 Å². The Kier molecular flexibility index (Phi) is 5.54. The molecule has 0 aromatic carbocycles. The molecule has 1 aliphatic heterocycles. The highest BCUT2D eigenvalue weighted by Gasteiger charge is 2.35. The second-order valence-corrected chi connectivity index (χ2v) is 5.40. The second-order valence-electron chi connectivity index (χ2n) is 5.40. The third kappa shape index (κ3) is 3.58.